The second-order valence-corrected chi connectivity index (χ2v) is 6.31. The van der Waals surface area contributed by atoms with E-state index in [1.165, 1.54) is 37.3 Å². The minimum absolute atomic E-state index is 0.379. The number of nitrogens with one attached hydrogen (secondary N) is 2. The molecule has 0 unspecified atom stereocenters. The van der Waals surface area contributed by atoms with Gasteiger partial charge in [-0.25, -0.2) is 0 Å². The van der Waals surface area contributed by atoms with E-state index in [2.05, 4.69) is 25.8 Å². The van der Waals surface area contributed by atoms with Crippen LogP contribution in [0.1, 0.15) is 33.1 Å². The maximum Gasteiger partial charge on any atom is 0.278 e. The Morgan fingerprint density at radius 1 is 1.11 bits per heavy atom. The third kappa shape index (κ3) is 3.23. The first-order valence-corrected chi connectivity index (χ1v) is 7.54. The van der Waals surface area contributed by atoms with Crippen LogP contribution in [0.3, 0.4) is 0 Å². The summed E-state index contributed by atoms with van der Waals surface area (Å²) in [6.45, 7) is 9.82. The van der Waals surface area contributed by atoms with Crippen LogP contribution in [0, 0.1) is 0 Å². The maximum absolute atomic E-state index is 12.5. The Morgan fingerprint density at radius 2 is 1.67 bits per heavy atom. The number of amides is 1. The lowest BCUT2D eigenvalue weighted by Gasteiger charge is -2.39. The van der Waals surface area contributed by atoms with E-state index in [-0.39, 0.29) is 0 Å². The van der Waals surface area contributed by atoms with Crippen molar-refractivity contribution in [3.63, 3.8) is 0 Å². The van der Waals surface area contributed by atoms with Crippen molar-refractivity contribution in [2.24, 2.45) is 0 Å². The zero-order valence-corrected chi connectivity index (χ0v) is 12.2. The van der Waals surface area contributed by atoms with Crippen molar-refractivity contribution in [3.8, 4) is 0 Å². The molecule has 0 bridgehead atoms. The molecule has 4 nitrogen and oxygen atoms in total. The van der Waals surface area contributed by atoms with E-state index in [0.717, 1.165) is 13.1 Å². The summed E-state index contributed by atoms with van der Waals surface area (Å²) >= 11 is 0. The summed E-state index contributed by atoms with van der Waals surface area (Å²) in [7, 11) is 2.24. The monoisotopic (exact) mass is 255 g/mol. The van der Waals surface area contributed by atoms with Gasteiger partial charge in [-0.05, 0) is 33.1 Å². The Hall–Kier alpha value is -0.610. The highest BCUT2D eigenvalue weighted by atomic mass is 16.2. The fourth-order valence-electron chi connectivity index (χ4n) is 3.43. The zero-order chi connectivity index (χ0) is 13.1. The van der Waals surface area contributed by atoms with Crippen LogP contribution in [0.2, 0.25) is 0 Å². The lowest BCUT2D eigenvalue weighted by molar-refractivity contribution is -1.000. The average molecular weight is 255 g/mol. The number of carbonyl (C=O) groups excluding carboxylic acids is 1. The molecule has 104 valence electrons. The van der Waals surface area contributed by atoms with Crippen LogP contribution < -0.4 is 9.80 Å². The molecule has 0 radical (unpaired) electrons. The molecule has 2 aliphatic heterocycles. The first-order chi connectivity index (χ1) is 8.58. The average Bonchev–Trinajstić information content (AvgIpc) is 2.32. The van der Waals surface area contributed by atoms with Crippen LogP contribution in [0.25, 0.3) is 0 Å². The summed E-state index contributed by atoms with van der Waals surface area (Å²) in [4.78, 5) is 17.7. The summed E-state index contributed by atoms with van der Waals surface area (Å²) in [5.41, 5.74) is 0. The van der Waals surface area contributed by atoms with E-state index in [1.54, 1.807) is 4.90 Å². The summed E-state index contributed by atoms with van der Waals surface area (Å²) in [5, 5.41) is 0. The number of piperidine rings is 1. The van der Waals surface area contributed by atoms with Crippen molar-refractivity contribution in [1.82, 2.24) is 4.90 Å². The lowest BCUT2D eigenvalue weighted by Crippen LogP contribution is -3.27. The molecule has 0 aromatic heterocycles. The highest BCUT2D eigenvalue weighted by Crippen LogP contribution is 2.21. The number of piperazine rings is 1. The summed E-state index contributed by atoms with van der Waals surface area (Å²) in [6, 6.07) is 0.887. The van der Waals surface area contributed by atoms with Gasteiger partial charge in [-0.2, -0.15) is 0 Å². The third-order valence-corrected chi connectivity index (χ3v) is 4.69. The van der Waals surface area contributed by atoms with Gasteiger partial charge in [0.05, 0.1) is 7.05 Å². The highest BCUT2D eigenvalue weighted by molar-refractivity contribution is 5.77. The number of nitrogens with zero attached hydrogens (tertiary/aromatic N) is 1. The van der Waals surface area contributed by atoms with E-state index in [0.29, 0.717) is 24.5 Å². The van der Waals surface area contributed by atoms with Gasteiger partial charge in [-0.3, -0.25) is 4.79 Å². The van der Waals surface area contributed by atoms with E-state index >= 15 is 0 Å². The van der Waals surface area contributed by atoms with Crippen molar-refractivity contribution >= 4 is 5.91 Å². The largest absolute Gasteiger partial charge is 0.332 e. The summed E-state index contributed by atoms with van der Waals surface area (Å²) in [6.07, 6.45) is 3.63. The molecule has 0 aliphatic carbocycles. The van der Waals surface area contributed by atoms with E-state index < -0.39 is 0 Å². The van der Waals surface area contributed by atoms with Crippen LogP contribution >= 0.6 is 0 Å². The first kappa shape index (κ1) is 13.8. The van der Waals surface area contributed by atoms with Crippen LogP contribution in [0.15, 0.2) is 0 Å². The number of hydrogen-bond donors (Lipinski definition) is 2. The fraction of sp³-hybridized carbons (Fsp3) is 0.929. The van der Waals surface area contributed by atoms with Gasteiger partial charge in [0.2, 0.25) is 0 Å². The molecule has 18 heavy (non-hydrogen) atoms. The van der Waals surface area contributed by atoms with Crippen molar-refractivity contribution in [2.45, 2.75) is 45.2 Å². The van der Waals surface area contributed by atoms with Crippen molar-refractivity contribution in [2.75, 3.05) is 39.8 Å². The van der Waals surface area contributed by atoms with E-state index in [9.17, 15) is 4.79 Å². The molecule has 2 heterocycles. The number of hydrogen-bond acceptors (Lipinski definition) is 1. The number of likely N-dealkylation sites (N-methyl/N-ethyl adjacent to an activating group) is 1. The van der Waals surface area contributed by atoms with Crippen LogP contribution in [-0.4, -0.2) is 62.7 Å². The second-order valence-electron chi connectivity index (χ2n) is 6.31. The molecule has 4 heteroatoms. The number of carbonyl (C=O) groups is 1. The summed E-state index contributed by atoms with van der Waals surface area (Å²) < 4.78 is 0. The van der Waals surface area contributed by atoms with Crippen molar-refractivity contribution in [1.29, 1.82) is 0 Å². The Morgan fingerprint density at radius 3 is 2.22 bits per heavy atom. The van der Waals surface area contributed by atoms with Crippen molar-refractivity contribution < 1.29 is 14.6 Å². The standard InChI is InChI=1S/C14H27N3O/c1-12-5-4-6-13(2)17(12)14(18)11-16-9-7-15(3)8-10-16/h12-13H,4-11H2,1-3H3/p+2/t12-,13+. The molecule has 0 aromatic carbocycles. The molecular weight excluding hydrogens is 226 g/mol. The molecule has 2 fully saturated rings. The van der Waals surface area contributed by atoms with Gasteiger partial charge in [-0.15, -0.1) is 0 Å². The first-order valence-electron chi connectivity index (χ1n) is 7.54. The number of quaternary nitrogens is 2. The molecular formula is C14H29N3O+2. The van der Waals surface area contributed by atoms with Crippen LogP contribution in [0.5, 0.6) is 0 Å². The quantitative estimate of drug-likeness (QED) is 0.598. The fourth-order valence-corrected chi connectivity index (χ4v) is 3.43. The predicted octanol–water partition coefficient (Wildman–Crippen LogP) is -1.81. The molecule has 2 rings (SSSR count). The van der Waals surface area contributed by atoms with Crippen LogP contribution in [0.4, 0.5) is 0 Å². The van der Waals surface area contributed by atoms with Gasteiger partial charge in [0.25, 0.3) is 5.91 Å². The normalized spacial score (nSPS) is 37.6. The lowest BCUT2D eigenvalue weighted by atomic mass is 9.97. The van der Waals surface area contributed by atoms with Gasteiger partial charge in [0.15, 0.2) is 6.54 Å². The minimum atomic E-state index is 0.379. The van der Waals surface area contributed by atoms with Crippen LogP contribution in [-0.2, 0) is 4.79 Å². The van der Waals surface area contributed by atoms with Gasteiger partial charge in [0.1, 0.15) is 26.2 Å². The molecule has 0 saturated carbocycles. The smallest absolute Gasteiger partial charge is 0.278 e. The Balaban J connectivity index is 1.86. The Bertz CT molecular complexity index is 277. The van der Waals surface area contributed by atoms with Gasteiger partial charge >= 0.3 is 0 Å². The van der Waals surface area contributed by atoms with Gasteiger partial charge in [-0.1, -0.05) is 0 Å². The topological polar surface area (TPSA) is 29.2 Å². The highest BCUT2D eigenvalue weighted by Gasteiger charge is 2.32. The van der Waals surface area contributed by atoms with Gasteiger partial charge in [0, 0.05) is 12.1 Å². The van der Waals surface area contributed by atoms with Gasteiger partial charge < -0.3 is 14.7 Å². The SMILES string of the molecule is C[C@@H]1CCC[C@H](C)N1C(=O)C[NH+]1CC[NH+](C)CC1. The molecule has 1 amide bonds. The molecule has 2 saturated heterocycles. The van der Waals surface area contributed by atoms with E-state index in [1.807, 2.05) is 0 Å². The minimum Gasteiger partial charge on any atom is -0.332 e. The van der Waals surface area contributed by atoms with E-state index in [4.69, 9.17) is 0 Å². The molecule has 2 N–H and O–H groups in total. The summed E-state index contributed by atoms with van der Waals surface area (Å²) in [5.74, 6) is 0.379. The zero-order valence-electron chi connectivity index (χ0n) is 12.2. The molecule has 2 atom stereocenters. The molecule has 2 aliphatic rings. The third-order valence-electron chi connectivity index (χ3n) is 4.69. The second kappa shape index (κ2) is 6.02. The molecule has 0 aromatic rings. The molecule has 0 spiro atoms. The Labute approximate surface area is 111 Å². The predicted molar refractivity (Wildman–Crippen MR) is 71.8 cm³/mol. The maximum atomic E-state index is 12.5. The number of rotatable bonds is 2. The van der Waals surface area contributed by atoms with Crippen molar-refractivity contribution in [3.05, 3.63) is 0 Å². The Kier molecular flexibility index (Phi) is 4.62. The number of likely N-dealkylation sites (tertiary alicyclic amines) is 1.